The maximum Gasteiger partial charge on any atom is 0.308 e. The van der Waals surface area contributed by atoms with Gasteiger partial charge in [-0.2, -0.15) is 5.10 Å². The SMILES string of the molecule is Cc1n[nH]c(C)c1CC(=O)N1C[C@@H](C)[C@H](C(=O)O)C1. The van der Waals surface area contributed by atoms with E-state index in [0.717, 1.165) is 17.0 Å². The molecule has 1 amide bonds. The third-order valence-corrected chi connectivity index (χ3v) is 3.89. The standard InChI is InChI=1S/C13H19N3O3/c1-7-5-16(6-11(7)13(18)19)12(17)4-10-8(2)14-15-9(10)3/h7,11H,4-6H2,1-3H3,(H,14,15)(H,18,19)/t7-,11-/m1/s1. The van der Waals surface area contributed by atoms with Crippen molar-refractivity contribution < 1.29 is 14.7 Å². The molecule has 0 saturated carbocycles. The number of carbonyl (C=O) groups excluding carboxylic acids is 1. The van der Waals surface area contributed by atoms with E-state index in [4.69, 9.17) is 5.11 Å². The smallest absolute Gasteiger partial charge is 0.308 e. The Labute approximate surface area is 111 Å². The normalized spacial score (nSPS) is 22.8. The molecule has 0 aliphatic carbocycles. The molecular formula is C13H19N3O3. The predicted octanol–water partition coefficient (Wildman–Crippen LogP) is 0.748. The lowest BCUT2D eigenvalue weighted by Gasteiger charge is -2.15. The number of nitrogens with one attached hydrogen (secondary N) is 1. The Bertz CT molecular complexity index is 490. The lowest BCUT2D eigenvalue weighted by molar-refractivity contribution is -0.142. The summed E-state index contributed by atoms with van der Waals surface area (Å²) < 4.78 is 0. The minimum atomic E-state index is -0.821. The molecule has 6 heteroatoms. The van der Waals surface area contributed by atoms with Gasteiger partial charge in [0, 0.05) is 24.3 Å². The average Bonchev–Trinajstić information content (AvgIpc) is 2.86. The van der Waals surface area contributed by atoms with Crippen molar-refractivity contribution >= 4 is 11.9 Å². The van der Waals surface area contributed by atoms with E-state index in [1.165, 1.54) is 0 Å². The van der Waals surface area contributed by atoms with Gasteiger partial charge in [-0.1, -0.05) is 6.92 Å². The maximum absolute atomic E-state index is 12.2. The fraction of sp³-hybridized carbons (Fsp3) is 0.615. The van der Waals surface area contributed by atoms with Gasteiger partial charge in [0.1, 0.15) is 0 Å². The molecule has 6 nitrogen and oxygen atoms in total. The van der Waals surface area contributed by atoms with Crippen molar-refractivity contribution in [3.05, 3.63) is 17.0 Å². The van der Waals surface area contributed by atoms with Crippen LogP contribution in [0.25, 0.3) is 0 Å². The molecule has 19 heavy (non-hydrogen) atoms. The number of nitrogens with zero attached hydrogens (tertiary/aromatic N) is 2. The molecule has 0 bridgehead atoms. The van der Waals surface area contributed by atoms with Crippen LogP contribution in [0.1, 0.15) is 23.9 Å². The molecule has 2 rings (SSSR count). The summed E-state index contributed by atoms with van der Waals surface area (Å²) in [5, 5.41) is 16.0. The van der Waals surface area contributed by atoms with Crippen LogP contribution in [0.4, 0.5) is 0 Å². The second-order valence-corrected chi connectivity index (χ2v) is 5.31. The van der Waals surface area contributed by atoms with E-state index in [2.05, 4.69) is 10.2 Å². The van der Waals surface area contributed by atoms with Crippen molar-refractivity contribution in [3.8, 4) is 0 Å². The number of aryl methyl sites for hydroxylation is 2. The molecule has 1 aliphatic heterocycles. The van der Waals surface area contributed by atoms with Gasteiger partial charge < -0.3 is 10.0 Å². The highest BCUT2D eigenvalue weighted by Crippen LogP contribution is 2.24. The van der Waals surface area contributed by atoms with E-state index in [0.29, 0.717) is 13.1 Å². The molecule has 0 spiro atoms. The van der Waals surface area contributed by atoms with Gasteiger partial charge >= 0.3 is 5.97 Å². The maximum atomic E-state index is 12.2. The number of amides is 1. The van der Waals surface area contributed by atoms with Crippen LogP contribution in [0.5, 0.6) is 0 Å². The van der Waals surface area contributed by atoms with Gasteiger partial charge in [0.2, 0.25) is 5.91 Å². The molecule has 2 heterocycles. The van der Waals surface area contributed by atoms with E-state index in [-0.39, 0.29) is 18.2 Å². The van der Waals surface area contributed by atoms with E-state index in [1.807, 2.05) is 20.8 Å². The van der Waals surface area contributed by atoms with E-state index in [1.54, 1.807) is 4.90 Å². The fourth-order valence-corrected chi connectivity index (χ4v) is 2.59. The van der Waals surface area contributed by atoms with Crippen LogP contribution < -0.4 is 0 Å². The van der Waals surface area contributed by atoms with E-state index >= 15 is 0 Å². The van der Waals surface area contributed by atoms with Crippen LogP contribution in [-0.2, 0) is 16.0 Å². The number of H-pyrrole nitrogens is 1. The molecule has 1 aromatic heterocycles. The molecule has 1 fully saturated rings. The summed E-state index contributed by atoms with van der Waals surface area (Å²) in [5.41, 5.74) is 2.64. The van der Waals surface area contributed by atoms with Crippen molar-refractivity contribution in [1.29, 1.82) is 0 Å². The number of carboxylic acid groups (broad SMARTS) is 1. The number of carbonyl (C=O) groups is 2. The molecule has 0 radical (unpaired) electrons. The monoisotopic (exact) mass is 265 g/mol. The van der Waals surface area contributed by atoms with Crippen molar-refractivity contribution in [2.75, 3.05) is 13.1 Å². The highest BCUT2D eigenvalue weighted by atomic mass is 16.4. The van der Waals surface area contributed by atoms with Gasteiger partial charge in [0.25, 0.3) is 0 Å². The number of carboxylic acids is 1. The molecule has 1 aliphatic rings. The summed E-state index contributed by atoms with van der Waals surface area (Å²) in [7, 11) is 0. The lowest BCUT2D eigenvalue weighted by Crippen LogP contribution is -2.31. The topological polar surface area (TPSA) is 86.3 Å². The molecule has 2 N–H and O–H groups in total. The lowest BCUT2D eigenvalue weighted by atomic mass is 9.99. The van der Waals surface area contributed by atoms with E-state index < -0.39 is 11.9 Å². The van der Waals surface area contributed by atoms with Gasteiger partial charge in [0.05, 0.1) is 18.0 Å². The summed E-state index contributed by atoms with van der Waals surface area (Å²) >= 11 is 0. The predicted molar refractivity (Wildman–Crippen MR) is 68.6 cm³/mol. The van der Waals surface area contributed by atoms with Crippen molar-refractivity contribution in [1.82, 2.24) is 15.1 Å². The van der Waals surface area contributed by atoms with Crippen LogP contribution in [0.15, 0.2) is 0 Å². The van der Waals surface area contributed by atoms with Gasteiger partial charge in [-0.05, 0) is 19.8 Å². The first-order chi connectivity index (χ1) is 8.90. The summed E-state index contributed by atoms with van der Waals surface area (Å²) in [6.45, 7) is 6.45. The Balaban J connectivity index is 2.04. The van der Waals surface area contributed by atoms with Gasteiger partial charge in [-0.3, -0.25) is 14.7 Å². The van der Waals surface area contributed by atoms with Crippen molar-refractivity contribution in [2.45, 2.75) is 27.2 Å². The highest BCUT2D eigenvalue weighted by Gasteiger charge is 2.36. The summed E-state index contributed by atoms with van der Waals surface area (Å²) in [6, 6.07) is 0. The first-order valence-electron chi connectivity index (χ1n) is 6.41. The number of hydrogen-bond acceptors (Lipinski definition) is 3. The van der Waals surface area contributed by atoms with Crippen molar-refractivity contribution in [3.63, 3.8) is 0 Å². The second kappa shape index (κ2) is 5.03. The molecule has 0 unspecified atom stereocenters. The number of aromatic amines is 1. The fourth-order valence-electron chi connectivity index (χ4n) is 2.59. The van der Waals surface area contributed by atoms with Gasteiger partial charge in [0.15, 0.2) is 0 Å². The number of aromatic nitrogens is 2. The van der Waals surface area contributed by atoms with Crippen LogP contribution in [0, 0.1) is 25.7 Å². The van der Waals surface area contributed by atoms with Gasteiger partial charge in [-0.25, -0.2) is 0 Å². The molecule has 0 aromatic carbocycles. The zero-order valence-electron chi connectivity index (χ0n) is 11.4. The Hall–Kier alpha value is -1.85. The quantitative estimate of drug-likeness (QED) is 0.844. The Morgan fingerprint density at radius 1 is 1.42 bits per heavy atom. The zero-order chi connectivity index (χ0) is 14.2. The number of likely N-dealkylation sites (tertiary alicyclic amines) is 1. The van der Waals surface area contributed by atoms with Crippen LogP contribution in [0.2, 0.25) is 0 Å². The summed E-state index contributed by atoms with van der Waals surface area (Å²) in [4.78, 5) is 24.9. The highest BCUT2D eigenvalue weighted by molar-refractivity contribution is 5.81. The second-order valence-electron chi connectivity index (χ2n) is 5.31. The zero-order valence-corrected chi connectivity index (χ0v) is 11.4. The molecule has 1 aromatic rings. The summed E-state index contributed by atoms with van der Waals surface area (Å²) in [6.07, 6.45) is 0.285. The molecular weight excluding hydrogens is 246 g/mol. The minimum Gasteiger partial charge on any atom is -0.481 e. The van der Waals surface area contributed by atoms with Gasteiger partial charge in [-0.15, -0.1) is 0 Å². The Morgan fingerprint density at radius 2 is 2.11 bits per heavy atom. The number of hydrogen-bond donors (Lipinski definition) is 2. The number of rotatable bonds is 3. The number of aliphatic carboxylic acids is 1. The molecule has 104 valence electrons. The van der Waals surface area contributed by atoms with E-state index in [9.17, 15) is 9.59 Å². The Kier molecular flexibility index (Phi) is 3.59. The van der Waals surface area contributed by atoms with Crippen molar-refractivity contribution in [2.24, 2.45) is 11.8 Å². The largest absolute Gasteiger partial charge is 0.481 e. The minimum absolute atomic E-state index is 0.00740. The third kappa shape index (κ3) is 2.62. The third-order valence-electron chi connectivity index (χ3n) is 3.89. The van der Waals surface area contributed by atoms with Crippen LogP contribution >= 0.6 is 0 Å². The molecule has 2 atom stereocenters. The van der Waals surface area contributed by atoms with Crippen LogP contribution in [-0.4, -0.2) is 45.2 Å². The van der Waals surface area contributed by atoms with Crippen LogP contribution in [0.3, 0.4) is 0 Å². The Morgan fingerprint density at radius 3 is 2.58 bits per heavy atom. The molecule has 1 saturated heterocycles. The first kappa shape index (κ1) is 13.6. The average molecular weight is 265 g/mol. The summed E-state index contributed by atoms with van der Waals surface area (Å²) in [5.74, 6) is -1.29. The first-order valence-corrected chi connectivity index (χ1v) is 6.41.